The van der Waals surface area contributed by atoms with Crippen molar-refractivity contribution in [3.8, 4) is 5.75 Å². The van der Waals surface area contributed by atoms with Crippen molar-refractivity contribution < 1.29 is 18.3 Å². The molecule has 4 aromatic rings. The summed E-state index contributed by atoms with van der Waals surface area (Å²) in [5.41, 5.74) is 3.06. The van der Waals surface area contributed by atoms with Crippen molar-refractivity contribution >= 4 is 33.5 Å². The zero-order valence-electron chi connectivity index (χ0n) is 17.2. The number of nitrogens with one attached hydrogen (secondary N) is 1. The van der Waals surface area contributed by atoms with Gasteiger partial charge in [0.25, 0.3) is 0 Å². The average molecular weight is 418 g/mol. The van der Waals surface area contributed by atoms with Crippen LogP contribution in [-0.2, 0) is 11.3 Å². The minimum atomic E-state index is -0.257. The van der Waals surface area contributed by atoms with Crippen LogP contribution in [0.5, 0.6) is 5.75 Å². The Hall–Kier alpha value is -3.38. The SMILES string of the molecule is COc1cc2c(cc1NC(=O)CN(Cc1ccc(F)cc1)C1CC1)oc1ccccc12. The van der Waals surface area contributed by atoms with Gasteiger partial charge >= 0.3 is 0 Å². The van der Waals surface area contributed by atoms with E-state index >= 15 is 0 Å². The molecule has 0 spiro atoms. The summed E-state index contributed by atoms with van der Waals surface area (Å²) in [6.45, 7) is 0.863. The summed E-state index contributed by atoms with van der Waals surface area (Å²) in [5, 5.41) is 4.93. The highest BCUT2D eigenvalue weighted by Gasteiger charge is 2.30. The van der Waals surface area contributed by atoms with E-state index in [0.29, 0.717) is 29.6 Å². The predicted octanol–water partition coefficient (Wildman–Crippen LogP) is 5.34. The molecule has 1 aliphatic carbocycles. The molecule has 0 saturated heterocycles. The van der Waals surface area contributed by atoms with E-state index in [1.54, 1.807) is 19.2 Å². The van der Waals surface area contributed by atoms with Crippen molar-refractivity contribution in [3.05, 3.63) is 72.0 Å². The highest BCUT2D eigenvalue weighted by atomic mass is 19.1. The standard InChI is InChI=1S/C25H23FN2O3/c1-30-24-12-20-19-4-2-3-5-22(19)31-23(20)13-21(24)27-25(29)15-28(18-10-11-18)14-16-6-8-17(26)9-7-16/h2-9,12-13,18H,10-11,14-15H2,1H3,(H,27,29). The minimum Gasteiger partial charge on any atom is -0.495 e. The fourth-order valence-electron chi connectivity index (χ4n) is 3.97. The van der Waals surface area contributed by atoms with Crippen LogP contribution in [-0.4, -0.2) is 30.5 Å². The first-order chi connectivity index (χ1) is 15.1. The number of carbonyl (C=O) groups excluding carboxylic acids is 1. The van der Waals surface area contributed by atoms with E-state index in [-0.39, 0.29) is 18.3 Å². The second-order valence-corrected chi connectivity index (χ2v) is 7.96. The molecule has 5 nitrogen and oxygen atoms in total. The molecule has 3 aromatic carbocycles. The molecule has 0 aliphatic heterocycles. The van der Waals surface area contributed by atoms with Crippen LogP contribution < -0.4 is 10.1 Å². The summed E-state index contributed by atoms with van der Waals surface area (Å²) in [6, 6.07) is 18.3. The van der Waals surface area contributed by atoms with Crippen molar-refractivity contribution in [3.63, 3.8) is 0 Å². The highest BCUT2D eigenvalue weighted by Crippen LogP contribution is 2.36. The van der Waals surface area contributed by atoms with Gasteiger partial charge in [-0.05, 0) is 42.7 Å². The molecule has 6 heteroatoms. The topological polar surface area (TPSA) is 54.7 Å². The Balaban J connectivity index is 1.36. The number of benzene rings is 3. The van der Waals surface area contributed by atoms with E-state index in [0.717, 1.165) is 34.8 Å². The second kappa shape index (κ2) is 8.04. The number of rotatable bonds is 7. The third-order valence-corrected chi connectivity index (χ3v) is 5.68. The first-order valence-electron chi connectivity index (χ1n) is 10.4. The lowest BCUT2D eigenvalue weighted by atomic mass is 10.1. The van der Waals surface area contributed by atoms with Crippen LogP contribution in [0.4, 0.5) is 10.1 Å². The number of hydrogen-bond acceptors (Lipinski definition) is 4. The predicted molar refractivity (Wildman–Crippen MR) is 119 cm³/mol. The molecule has 1 amide bonds. The summed E-state index contributed by atoms with van der Waals surface area (Å²) in [6.07, 6.45) is 2.14. The van der Waals surface area contributed by atoms with Gasteiger partial charge in [0, 0.05) is 29.4 Å². The lowest BCUT2D eigenvalue weighted by Gasteiger charge is -2.22. The maximum Gasteiger partial charge on any atom is 0.238 e. The summed E-state index contributed by atoms with van der Waals surface area (Å²) in [5.74, 6) is 0.208. The number of carbonyl (C=O) groups is 1. The monoisotopic (exact) mass is 418 g/mol. The fourth-order valence-corrected chi connectivity index (χ4v) is 3.97. The van der Waals surface area contributed by atoms with Gasteiger partial charge in [0.2, 0.25) is 5.91 Å². The highest BCUT2D eigenvalue weighted by molar-refractivity contribution is 6.07. The normalized spacial score (nSPS) is 13.8. The molecule has 1 aliphatic rings. The van der Waals surface area contributed by atoms with Crippen LogP contribution in [0.25, 0.3) is 21.9 Å². The van der Waals surface area contributed by atoms with E-state index < -0.39 is 0 Å². The zero-order valence-corrected chi connectivity index (χ0v) is 17.2. The number of fused-ring (bicyclic) bond motifs is 3. The molecule has 31 heavy (non-hydrogen) atoms. The van der Waals surface area contributed by atoms with Crippen LogP contribution in [0, 0.1) is 5.82 Å². The van der Waals surface area contributed by atoms with E-state index in [2.05, 4.69) is 10.2 Å². The first kappa shape index (κ1) is 19.6. The second-order valence-electron chi connectivity index (χ2n) is 7.96. The Bertz CT molecular complexity index is 1250. The summed E-state index contributed by atoms with van der Waals surface area (Å²) in [7, 11) is 1.59. The third kappa shape index (κ3) is 4.11. The number of methoxy groups -OCH3 is 1. The van der Waals surface area contributed by atoms with Crippen LogP contribution in [0.15, 0.2) is 65.1 Å². The van der Waals surface area contributed by atoms with E-state index in [4.69, 9.17) is 9.15 Å². The van der Waals surface area contributed by atoms with Gasteiger partial charge in [-0.25, -0.2) is 4.39 Å². The molecule has 1 fully saturated rings. The van der Waals surface area contributed by atoms with Gasteiger partial charge in [0.1, 0.15) is 22.7 Å². The lowest BCUT2D eigenvalue weighted by molar-refractivity contribution is -0.117. The first-order valence-corrected chi connectivity index (χ1v) is 10.4. The molecule has 1 saturated carbocycles. The molecule has 0 radical (unpaired) electrons. The number of para-hydroxylation sites is 1. The molecule has 1 N–H and O–H groups in total. The fraction of sp³-hybridized carbons (Fsp3) is 0.240. The molecule has 0 atom stereocenters. The zero-order chi connectivity index (χ0) is 21.4. The molecule has 1 aromatic heterocycles. The van der Waals surface area contributed by atoms with Gasteiger partial charge in [-0.15, -0.1) is 0 Å². The number of halogens is 1. The molecule has 1 heterocycles. The Kier molecular flexibility index (Phi) is 5.08. The van der Waals surface area contributed by atoms with Crippen molar-refractivity contribution in [1.82, 2.24) is 4.90 Å². The Labute approximate surface area is 179 Å². The number of anilines is 1. The van der Waals surface area contributed by atoms with Crippen LogP contribution in [0.1, 0.15) is 18.4 Å². The van der Waals surface area contributed by atoms with Crippen LogP contribution >= 0.6 is 0 Å². The van der Waals surface area contributed by atoms with Gasteiger partial charge in [0.15, 0.2) is 0 Å². The quantitative estimate of drug-likeness (QED) is 0.440. The Morgan fingerprint density at radius 1 is 1.10 bits per heavy atom. The molecular weight excluding hydrogens is 395 g/mol. The summed E-state index contributed by atoms with van der Waals surface area (Å²) >= 11 is 0. The number of hydrogen-bond donors (Lipinski definition) is 1. The lowest BCUT2D eigenvalue weighted by Crippen LogP contribution is -2.34. The molecule has 5 rings (SSSR count). The molecule has 158 valence electrons. The summed E-state index contributed by atoms with van der Waals surface area (Å²) < 4.78 is 24.7. The van der Waals surface area contributed by atoms with E-state index in [9.17, 15) is 9.18 Å². The third-order valence-electron chi connectivity index (χ3n) is 5.68. The van der Waals surface area contributed by atoms with E-state index in [1.807, 2.05) is 36.4 Å². The van der Waals surface area contributed by atoms with Gasteiger partial charge in [-0.1, -0.05) is 30.3 Å². The number of ether oxygens (including phenoxy) is 1. The van der Waals surface area contributed by atoms with Gasteiger partial charge in [0.05, 0.1) is 19.3 Å². The molecule has 0 unspecified atom stereocenters. The van der Waals surface area contributed by atoms with Crippen LogP contribution in [0.3, 0.4) is 0 Å². The average Bonchev–Trinajstić information content (AvgIpc) is 3.55. The largest absolute Gasteiger partial charge is 0.495 e. The molecular formula is C25H23FN2O3. The van der Waals surface area contributed by atoms with Gasteiger partial charge in [-0.3, -0.25) is 9.69 Å². The Morgan fingerprint density at radius 3 is 2.61 bits per heavy atom. The van der Waals surface area contributed by atoms with Gasteiger partial charge in [-0.2, -0.15) is 0 Å². The van der Waals surface area contributed by atoms with Crippen molar-refractivity contribution in [2.75, 3.05) is 19.0 Å². The van der Waals surface area contributed by atoms with Crippen molar-refractivity contribution in [2.45, 2.75) is 25.4 Å². The van der Waals surface area contributed by atoms with Gasteiger partial charge < -0.3 is 14.5 Å². The maximum absolute atomic E-state index is 13.2. The number of nitrogens with zero attached hydrogens (tertiary/aromatic N) is 1. The minimum absolute atomic E-state index is 0.122. The van der Waals surface area contributed by atoms with Crippen molar-refractivity contribution in [2.24, 2.45) is 0 Å². The van der Waals surface area contributed by atoms with Crippen LogP contribution in [0.2, 0.25) is 0 Å². The Morgan fingerprint density at radius 2 is 1.87 bits per heavy atom. The van der Waals surface area contributed by atoms with E-state index in [1.165, 1.54) is 12.1 Å². The molecule has 0 bridgehead atoms. The number of furan rings is 1. The maximum atomic E-state index is 13.2. The van der Waals surface area contributed by atoms with Crippen molar-refractivity contribution in [1.29, 1.82) is 0 Å². The number of amides is 1. The summed E-state index contributed by atoms with van der Waals surface area (Å²) in [4.78, 5) is 15.0. The smallest absolute Gasteiger partial charge is 0.238 e.